The quantitative estimate of drug-likeness (QED) is 0.688. The summed E-state index contributed by atoms with van der Waals surface area (Å²) in [6, 6.07) is 13.6. The Bertz CT molecular complexity index is 631. The molecule has 3 heteroatoms. The average molecular weight is 227 g/mol. The van der Waals surface area contributed by atoms with Crippen molar-refractivity contribution >= 4 is 22.3 Å². The molecular formula is C13H9NOS. The van der Waals surface area contributed by atoms with Crippen LogP contribution in [0.2, 0.25) is 0 Å². The lowest BCUT2D eigenvalue weighted by molar-refractivity contribution is 0.476. The Hall–Kier alpha value is -1.87. The highest BCUT2D eigenvalue weighted by molar-refractivity contribution is 7.09. The number of aromatic nitrogens is 1. The minimum Gasteiger partial charge on any atom is -0.508 e. The molecule has 1 aromatic heterocycles. The van der Waals surface area contributed by atoms with Crippen LogP contribution in [-0.2, 0) is 0 Å². The zero-order valence-corrected chi connectivity index (χ0v) is 9.24. The van der Waals surface area contributed by atoms with E-state index in [1.165, 1.54) is 17.1 Å². The third kappa shape index (κ3) is 1.55. The standard InChI is InChI=1S/C13H9NOS/c15-12-4-3-9-7-11(2-1-10(9)8-12)13-5-6-14-16-13/h1-8,15H. The Morgan fingerprint density at radius 3 is 2.56 bits per heavy atom. The number of phenols is 1. The average Bonchev–Trinajstić information content (AvgIpc) is 2.82. The van der Waals surface area contributed by atoms with Gasteiger partial charge in [-0.1, -0.05) is 18.2 Å². The summed E-state index contributed by atoms with van der Waals surface area (Å²) in [6.45, 7) is 0. The van der Waals surface area contributed by atoms with Crippen LogP contribution in [0.5, 0.6) is 5.75 Å². The van der Waals surface area contributed by atoms with E-state index in [-0.39, 0.29) is 0 Å². The Kier molecular flexibility index (Phi) is 2.11. The van der Waals surface area contributed by atoms with Crippen molar-refractivity contribution in [2.45, 2.75) is 0 Å². The maximum Gasteiger partial charge on any atom is 0.116 e. The van der Waals surface area contributed by atoms with Crippen LogP contribution in [0.4, 0.5) is 0 Å². The van der Waals surface area contributed by atoms with E-state index in [4.69, 9.17) is 0 Å². The first-order valence-corrected chi connectivity index (χ1v) is 5.74. The second kappa shape index (κ2) is 3.61. The molecule has 0 saturated carbocycles. The van der Waals surface area contributed by atoms with Crippen LogP contribution in [0.15, 0.2) is 48.7 Å². The lowest BCUT2D eigenvalue weighted by atomic mass is 10.1. The van der Waals surface area contributed by atoms with Gasteiger partial charge in [0.25, 0.3) is 0 Å². The van der Waals surface area contributed by atoms with Crippen molar-refractivity contribution in [3.63, 3.8) is 0 Å². The van der Waals surface area contributed by atoms with Crippen LogP contribution in [0, 0.1) is 0 Å². The van der Waals surface area contributed by atoms with Crippen molar-refractivity contribution in [1.82, 2.24) is 4.37 Å². The van der Waals surface area contributed by atoms with E-state index in [1.54, 1.807) is 18.3 Å². The summed E-state index contributed by atoms with van der Waals surface area (Å²) in [5, 5.41) is 11.6. The Balaban J connectivity index is 2.20. The van der Waals surface area contributed by atoms with Crippen molar-refractivity contribution in [2.24, 2.45) is 0 Å². The highest BCUT2D eigenvalue weighted by Gasteiger charge is 2.01. The van der Waals surface area contributed by atoms with Crippen molar-refractivity contribution in [3.05, 3.63) is 48.7 Å². The van der Waals surface area contributed by atoms with Crippen molar-refractivity contribution in [1.29, 1.82) is 0 Å². The molecule has 0 spiro atoms. The third-order valence-electron chi connectivity index (χ3n) is 2.55. The van der Waals surface area contributed by atoms with Crippen LogP contribution in [0.1, 0.15) is 0 Å². The number of phenolic OH excluding ortho intramolecular Hbond substituents is 1. The molecule has 0 saturated heterocycles. The topological polar surface area (TPSA) is 33.1 Å². The van der Waals surface area contributed by atoms with Gasteiger partial charge in [0, 0.05) is 6.20 Å². The van der Waals surface area contributed by atoms with Crippen molar-refractivity contribution in [2.75, 3.05) is 0 Å². The molecular weight excluding hydrogens is 218 g/mol. The van der Waals surface area contributed by atoms with Gasteiger partial charge in [-0.05, 0) is 52.1 Å². The molecule has 0 atom stereocenters. The molecule has 3 aromatic rings. The van der Waals surface area contributed by atoms with Crippen LogP contribution in [0.25, 0.3) is 21.2 Å². The predicted octanol–water partition coefficient (Wildman–Crippen LogP) is 3.67. The molecule has 2 aromatic carbocycles. The van der Waals surface area contributed by atoms with Gasteiger partial charge in [0.05, 0.1) is 4.88 Å². The number of nitrogens with zero attached hydrogens (tertiary/aromatic N) is 1. The van der Waals surface area contributed by atoms with E-state index >= 15 is 0 Å². The van der Waals surface area contributed by atoms with Gasteiger partial charge in [0.2, 0.25) is 0 Å². The normalized spacial score (nSPS) is 10.8. The number of hydrogen-bond donors (Lipinski definition) is 1. The number of rotatable bonds is 1. The van der Waals surface area contributed by atoms with E-state index in [1.807, 2.05) is 18.2 Å². The molecule has 0 fully saturated rings. The van der Waals surface area contributed by atoms with Crippen LogP contribution in [0.3, 0.4) is 0 Å². The lowest BCUT2D eigenvalue weighted by Crippen LogP contribution is -1.75. The predicted molar refractivity (Wildman–Crippen MR) is 66.7 cm³/mol. The molecule has 1 N–H and O–H groups in total. The zero-order valence-electron chi connectivity index (χ0n) is 8.42. The fraction of sp³-hybridized carbons (Fsp3) is 0. The first-order chi connectivity index (χ1) is 7.83. The summed E-state index contributed by atoms with van der Waals surface area (Å²) in [5.41, 5.74) is 1.17. The Labute approximate surface area is 97.0 Å². The molecule has 0 bridgehead atoms. The van der Waals surface area contributed by atoms with E-state index in [0.717, 1.165) is 15.6 Å². The molecule has 1 heterocycles. The summed E-state index contributed by atoms with van der Waals surface area (Å²) < 4.78 is 4.09. The molecule has 0 amide bonds. The van der Waals surface area contributed by atoms with Gasteiger partial charge in [0.15, 0.2) is 0 Å². The Morgan fingerprint density at radius 1 is 0.938 bits per heavy atom. The zero-order chi connectivity index (χ0) is 11.0. The maximum absolute atomic E-state index is 9.38. The third-order valence-corrected chi connectivity index (χ3v) is 3.34. The summed E-state index contributed by atoms with van der Waals surface area (Å²) in [7, 11) is 0. The number of hydrogen-bond acceptors (Lipinski definition) is 3. The highest BCUT2D eigenvalue weighted by Crippen LogP contribution is 2.28. The Morgan fingerprint density at radius 2 is 1.75 bits per heavy atom. The molecule has 78 valence electrons. The van der Waals surface area contributed by atoms with Crippen molar-refractivity contribution in [3.8, 4) is 16.2 Å². The largest absolute Gasteiger partial charge is 0.508 e. The van der Waals surface area contributed by atoms with Gasteiger partial charge in [-0.15, -0.1) is 0 Å². The van der Waals surface area contributed by atoms with E-state index in [2.05, 4.69) is 16.5 Å². The second-order valence-electron chi connectivity index (χ2n) is 3.62. The first-order valence-electron chi connectivity index (χ1n) is 4.97. The minimum atomic E-state index is 0.304. The number of fused-ring (bicyclic) bond motifs is 1. The van der Waals surface area contributed by atoms with Gasteiger partial charge < -0.3 is 5.11 Å². The van der Waals surface area contributed by atoms with Crippen LogP contribution >= 0.6 is 11.5 Å². The van der Waals surface area contributed by atoms with Crippen molar-refractivity contribution < 1.29 is 5.11 Å². The van der Waals surface area contributed by atoms with E-state index in [0.29, 0.717) is 5.75 Å². The fourth-order valence-electron chi connectivity index (χ4n) is 1.75. The summed E-state index contributed by atoms with van der Waals surface area (Å²) >= 11 is 1.49. The van der Waals surface area contributed by atoms with Crippen LogP contribution < -0.4 is 0 Å². The van der Waals surface area contributed by atoms with Gasteiger partial charge >= 0.3 is 0 Å². The van der Waals surface area contributed by atoms with Gasteiger partial charge in [-0.3, -0.25) is 0 Å². The molecule has 0 aliphatic heterocycles. The smallest absolute Gasteiger partial charge is 0.116 e. The SMILES string of the molecule is Oc1ccc2cc(-c3ccns3)ccc2c1. The van der Waals surface area contributed by atoms with E-state index < -0.39 is 0 Å². The molecule has 3 rings (SSSR count). The molecule has 2 nitrogen and oxygen atoms in total. The summed E-state index contributed by atoms with van der Waals surface area (Å²) in [4.78, 5) is 1.16. The highest BCUT2D eigenvalue weighted by atomic mass is 32.1. The molecule has 0 unspecified atom stereocenters. The lowest BCUT2D eigenvalue weighted by Gasteiger charge is -2.01. The summed E-state index contributed by atoms with van der Waals surface area (Å²) in [6.07, 6.45) is 1.81. The number of benzene rings is 2. The molecule has 0 aliphatic carbocycles. The summed E-state index contributed by atoms with van der Waals surface area (Å²) in [5.74, 6) is 0.304. The minimum absolute atomic E-state index is 0.304. The molecule has 0 radical (unpaired) electrons. The number of aromatic hydroxyl groups is 1. The molecule has 0 aliphatic rings. The van der Waals surface area contributed by atoms with Gasteiger partial charge in [-0.25, -0.2) is 4.37 Å². The maximum atomic E-state index is 9.38. The first kappa shape index (κ1) is 9.36. The van der Waals surface area contributed by atoms with Gasteiger partial charge in [-0.2, -0.15) is 0 Å². The second-order valence-corrected chi connectivity index (χ2v) is 4.46. The van der Waals surface area contributed by atoms with Gasteiger partial charge in [0.1, 0.15) is 5.75 Å². The fourth-order valence-corrected chi connectivity index (χ4v) is 2.34. The monoisotopic (exact) mass is 227 g/mol. The van der Waals surface area contributed by atoms with Crippen LogP contribution in [-0.4, -0.2) is 9.48 Å². The van der Waals surface area contributed by atoms with E-state index in [9.17, 15) is 5.11 Å². The molecule has 16 heavy (non-hydrogen) atoms.